The summed E-state index contributed by atoms with van der Waals surface area (Å²) in [6.45, 7) is 3.47. The second-order valence-electron chi connectivity index (χ2n) is 5.16. The Balaban J connectivity index is 1.90. The lowest BCUT2D eigenvalue weighted by Crippen LogP contribution is -2.13. The second-order valence-corrected chi connectivity index (χ2v) is 5.16. The van der Waals surface area contributed by atoms with Crippen molar-refractivity contribution in [2.24, 2.45) is 5.92 Å². The fourth-order valence-electron chi connectivity index (χ4n) is 2.30. The molecule has 0 spiro atoms. The summed E-state index contributed by atoms with van der Waals surface area (Å²) in [6.07, 6.45) is 2.10. The van der Waals surface area contributed by atoms with Crippen molar-refractivity contribution >= 4 is 5.69 Å². The zero-order valence-electron chi connectivity index (χ0n) is 11.0. The molecule has 1 aromatic rings. The van der Waals surface area contributed by atoms with Crippen molar-refractivity contribution in [1.29, 1.82) is 0 Å². The smallest absolute Gasteiger partial charge is 0.270 e. The van der Waals surface area contributed by atoms with E-state index in [1.54, 1.807) is 0 Å². The Bertz CT molecular complexity index is 423. The summed E-state index contributed by atoms with van der Waals surface area (Å²) < 4.78 is 39.7. The molecule has 2 nitrogen and oxygen atoms in total. The Labute approximate surface area is 111 Å². The Hall–Kier alpha value is -1.23. The van der Waals surface area contributed by atoms with Crippen LogP contribution in [0.15, 0.2) is 18.2 Å². The first-order chi connectivity index (χ1) is 8.97. The predicted octanol–water partition coefficient (Wildman–Crippen LogP) is 3.35. The minimum Gasteiger partial charge on any atom is -0.383 e. The lowest BCUT2D eigenvalue weighted by atomic mass is 10.1. The fraction of sp³-hybridized carbons (Fsp3) is 0.571. The maximum absolute atomic E-state index is 13.7. The van der Waals surface area contributed by atoms with E-state index < -0.39 is 11.7 Å². The van der Waals surface area contributed by atoms with Crippen LogP contribution in [0.25, 0.3) is 0 Å². The van der Waals surface area contributed by atoms with Gasteiger partial charge >= 0.3 is 0 Å². The molecule has 1 aliphatic heterocycles. The van der Waals surface area contributed by atoms with E-state index in [4.69, 9.17) is 0 Å². The summed E-state index contributed by atoms with van der Waals surface area (Å²) >= 11 is 0. The quantitative estimate of drug-likeness (QED) is 0.859. The van der Waals surface area contributed by atoms with Crippen LogP contribution in [0.2, 0.25) is 0 Å². The van der Waals surface area contributed by atoms with Gasteiger partial charge in [-0.05, 0) is 44.0 Å². The van der Waals surface area contributed by atoms with Crippen LogP contribution in [0.3, 0.4) is 0 Å². The van der Waals surface area contributed by atoms with Gasteiger partial charge in [0.1, 0.15) is 5.82 Å². The highest BCUT2D eigenvalue weighted by molar-refractivity contribution is 5.47. The lowest BCUT2D eigenvalue weighted by molar-refractivity contribution is 0.0172. The van der Waals surface area contributed by atoms with Gasteiger partial charge in [-0.15, -0.1) is 0 Å². The monoisotopic (exact) mass is 272 g/mol. The van der Waals surface area contributed by atoms with Crippen molar-refractivity contribution in [1.82, 2.24) is 5.32 Å². The molecule has 1 saturated heterocycles. The van der Waals surface area contributed by atoms with Crippen molar-refractivity contribution in [3.63, 3.8) is 0 Å². The molecule has 0 saturated carbocycles. The lowest BCUT2D eigenvalue weighted by Gasteiger charge is -2.14. The van der Waals surface area contributed by atoms with Crippen LogP contribution in [0.4, 0.5) is 18.9 Å². The molecule has 106 valence electrons. The SMILES string of the molecule is CC(F)(F)c1ccc(NCCC2CCNC2)c(F)c1. The molecule has 1 aliphatic rings. The molecular formula is C14H19F3N2. The van der Waals surface area contributed by atoms with E-state index in [0.29, 0.717) is 18.2 Å². The molecule has 2 N–H and O–H groups in total. The number of rotatable bonds is 5. The first kappa shape index (κ1) is 14.2. The molecule has 1 unspecified atom stereocenters. The van der Waals surface area contributed by atoms with Gasteiger partial charge < -0.3 is 10.6 Å². The van der Waals surface area contributed by atoms with Gasteiger partial charge in [-0.25, -0.2) is 13.2 Å². The van der Waals surface area contributed by atoms with E-state index >= 15 is 0 Å². The number of anilines is 1. The van der Waals surface area contributed by atoms with E-state index in [9.17, 15) is 13.2 Å². The first-order valence-corrected chi connectivity index (χ1v) is 6.59. The summed E-state index contributed by atoms with van der Waals surface area (Å²) in [4.78, 5) is 0. The molecule has 0 amide bonds. The Morgan fingerprint density at radius 3 is 2.79 bits per heavy atom. The van der Waals surface area contributed by atoms with Crippen LogP contribution in [-0.4, -0.2) is 19.6 Å². The average Bonchev–Trinajstić information content (AvgIpc) is 2.83. The van der Waals surface area contributed by atoms with Crippen molar-refractivity contribution < 1.29 is 13.2 Å². The molecule has 0 aliphatic carbocycles. The van der Waals surface area contributed by atoms with Crippen LogP contribution >= 0.6 is 0 Å². The molecular weight excluding hydrogens is 253 g/mol. The molecule has 5 heteroatoms. The van der Waals surface area contributed by atoms with Crippen LogP contribution in [0, 0.1) is 11.7 Å². The summed E-state index contributed by atoms with van der Waals surface area (Å²) in [7, 11) is 0. The Morgan fingerprint density at radius 2 is 2.21 bits per heavy atom. The van der Waals surface area contributed by atoms with Gasteiger partial charge in [0.15, 0.2) is 0 Å². The largest absolute Gasteiger partial charge is 0.383 e. The molecule has 0 bridgehead atoms. The van der Waals surface area contributed by atoms with E-state index in [-0.39, 0.29) is 5.56 Å². The van der Waals surface area contributed by atoms with Gasteiger partial charge in [-0.1, -0.05) is 6.07 Å². The number of halogens is 3. The van der Waals surface area contributed by atoms with Crippen molar-refractivity contribution in [3.05, 3.63) is 29.6 Å². The first-order valence-electron chi connectivity index (χ1n) is 6.59. The van der Waals surface area contributed by atoms with E-state index in [1.165, 1.54) is 12.1 Å². The third-order valence-corrected chi connectivity index (χ3v) is 3.51. The van der Waals surface area contributed by atoms with Crippen LogP contribution in [-0.2, 0) is 5.92 Å². The van der Waals surface area contributed by atoms with E-state index in [0.717, 1.165) is 38.9 Å². The highest BCUT2D eigenvalue weighted by Gasteiger charge is 2.25. The molecule has 1 aromatic carbocycles. The number of alkyl halides is 2. The second kappa shape index (κ2) is 5.82. The minimum atomic E-state index is -3.01. The number of benzene rings is 1. The van der Waals surface area contributed by atoms with Crippen LogP contribution < -0.4 is 10.6 Å². The summed E-state index contributed by atoms with van der Waals surface area (Å²) in [5, 5.41) is 6.24. The van der Waals surface area contributed by atoms with Crippen molar-refractivity contribution in [2.75, 3.05) is 25.0 Å². The Kier molecular flexibility index (Phi) is 4.34. The number of hydrogen-bond acceptors (Lipinski definition) is 2. The highest BCUT2D eigenvalue weighted by Crippen LogP contribution is 2.29. The molecule has 0 radical (unpaired) electrons. The van der Waals surface area contributed by atoms with Crippen molar-refractivity contribution in [3.8, 4) is 0 Å². The summed E-state index contributed by atoms with van der Waals surface area (Å²) in [6, 6.07) is 3.55. The van der Waals surface area contributed by atoms with Crippen LogP contribution in [0.1, 0.15) is 25.3 Å². The molecule has 19 heavy (non-hydrogen) atoms. The summed E-state index contributed by atoms with van der Waals surface area (Å²) in [5.41, 5.74) is -0.00509. The zero-order valence-corrected chi connectivity index (χ0v) is 11.0. The number of hydrogen-bond donors (Lipinski definition) is 2. The molecule has 1 atom stereocenters. The molecule has 2 rings (SSSR count). The zero-order chi connectivity index (χ0) is 13.9. The van der Waals surface area contributed by atoms with E-state index in [2.05, 4.69) is 10.6 Å². The third kappa shape index (κ3) is 3.86. The van der Waals surface area contributed by atoms with E-state index in [1.807, 2.05) is 0 Å². The molecule has 0 aromatic heterocycles. The van der Waals surface area contributed by atoms with Gasteiger partial charge in [0.05, 0.1) is 5.69 Å². The summed E-state index contributed by atoms with van der Waals surface area (Å²) in [5.74, 6) is -3.01. The van der Waals surface area contributed by atoms with Gasteiger partial charge in [0, 0.05) is 19.0 Å². The maximum Gasteiger partial charge on any atom is 0.270 e. The highest BCUT2D eigenvalue weighted by atomic mass is 19.3. The standard InChI is InChI=1S/C14H19F3N2/c1-14(16,17)11-2-3-13(12(15)8-11)19-7-5-10-4-6-18-9-10/h2-3,8,10,18-19H,4-7,9H2,1H3. The molecule has 1 heterocycles. The fourth-order valence-corrected chi connectivity index (χ4v) is 2.30. The normalized spacial score (nSPS) is 19.7. The van der Waals surface area contributed by atoms with Gasteiger partial charge in [-0.3, -0.25) is 0 Å². The predicted molar refractivity (Wildman–Crippen MR) is 70.1 cm³/mol. The average molecular weight is 272 g/mol. The van der Waals surface area contributed by atoms with Gasteiger partial charge in [0.2, 0.25) is 0 Å². The third-order valence-electron chi connectivity index (χ3n) is 3.51. The minimum absolute atomic E-state index is 0.291. The van der Waals surface area contributed by atoms with Crippen LogP contribution in [0.5, 0.6) is 0 Å². The van der Waals surface area contributed by atoms with Gasteiger partial charge in [-0.2, -0.15) is 0 Å². The van der Waals surface area contributed by atoms with Gasteiger partial charge in [0.25, 0.3) is 5.92 Å². The maximum atomic E-state index is 13.7. The van der Waals surface area contributed by atoms with Crippen molar-refractivity contribution in [2.45, 2.75) is 25.7 Å². The Morgan fingerprint density at radius 1 is 1.42 bits per heavy atom. The number of nitrogens with one attached hydrogen (secondary N) is 2. The topological polar surface area (TPSA) is 24.1 Å². The molecule has 1 fully saturated rings.